The van der Waals surface area contributed by atoms with E-state index in [-0.39, 0.29) is 11.7 Å². The van der Waals surface area contributed by atoms with E-state index in [0.29, 0.717) is 32.6 Å². The lowest BCUT2D eigenvalue weighted by molar-refractivity contribution is 0.101. The van der Waals surface area contributed by atoms with E-state index in [1.165, 1.54) is 18.3 Å². The summed E-state index contributed by atoms with van der Waals surface area (Å²) in [6.07, 6.45) is 2.23. The van der Waals surface area contributed by atoms with Crippen molar-refractivity contribution in [2.45, 2.75) is 19.9 Å². The van der Waals surface area contributed by atoms with Crippen LogP contribution in [-0.4, -0.2) is 31.4 Å². The molecular weight excluding hydrogens is 390 g/mol. The zero-order chi connectivity index (χ0) is 18.7. The van der Waals surface area contributed by atoms with E-state index >= 15 is 0 Å². The highest BCUT2D eigenvalue weighted by atomic mass is 32.1. The molecule has 1 amide bonds. The minimum Gasteiger partial charge on any atom is -0.300 e. The van der Waals surface area contributed by atoms with Crippen LogP contribution in [0.2, 0.25) is 0 Å². The van der Waals surface area contributed by atoms with Crippen LogP contribution in [0.1, 0.15) is 37.8 Å². The number of nitrogens with zero attached hydrogens (tertiary/aromatic N) is 3. The topological polar surface area (TPSA) is 92.7 Å². The molecule has 0 unspecified atom stereocenters. The number of hydrogen-bond acceptors (Lipinski definition) is 7. The molecule has 0 aliphatic heterocycles. The third-order valence-corrected chi connectivity index (χ3v) is 5.74. The number of allylic oxidation sites excluding steroid dienone is 1. The lowest BCUT2D eigenvalue weighted by Crippen LogP contribution is -2.10. The van der Waals surface area contributed by atoms with Crippen molar-refractivity contribution in [1.82, 2.24) is 19.7 Å². The number of hydrogen-bond donors (Lipinski definition) is 2. The molecule has 3 heterocycles. The number of ketones is 1. The first-order chi connectivity index (χ1) is 12.5. The summed E-state index contributed by atoms with van der Waals surface area (Å²) in [5.74, 6) is 0.415. The highest BCUT2D eigenvalue weighted by Crippen LogP contribution is 2.21. The Morgan fingerprint density at radius 3 is 2.88 bits per heavy atom. The molecular formula is C16H15N5O2S3. The van der Waals surface area contributed by atoms with Crippen LogP contribution in [0.3, 0.4) is 0 Å². The van der Waals surface area contributed by atoms with Gasteiger partial charge in [0.15, 0.2) is 15.7 Å². The van der Waals surface area contributed by atoms with Crippen LogP contribution >= 0.6 is 34.9 Å². The highest BCUT2D eigenvalue weighted by Gasteiger charge is 2.14. The summed E-state index contributed by atoms with van der Waals surface area (Å²) in [7, 11) is 0. The molecule has 2 N–H and O–H groups in total. The van der Waals surface area contributed by atoms with E-state index in [4.69, 9.17) is 12.2 Å². The summed E-state index contributed by atoms with van der Waals surface area (Å²) in [4.78, 5) is 29.1. The fourth-order valence-electron chi connectivity index (χ4n) is 2.22. The molecule has 0 aliphatic rings. The van der Waals surface area contributed by atoms with Crippen molar-refractivity contribution < 1.29 is 9.59 Å². The van der Waals surface area contributed by atoms with Crippen molar-refractivity contribution >= 4 is 51.7 Å². The van der Waals surface area contributed by atoms with Crippen LogP contribution in [0.15, 0.2) is 30.2 Å². The first-order valence-electron chi connectivity index (χ1n) is 7.59. The second-order valence-corrected chi connectivity index (χ2v) is 7.67. The second-order valence-electron chi connectivity index (χ2n) is 5.34. The number of nitrogens with one attached hydrogen (secondary N) is 2. The number of thiophene rings is 1. The number of H-pyrrole nitrogens is 1. The van der Waals surface area contributed by atoms with Crippen molar-refractivity contribution in [1.29, 1.82) is 0 Å². The van der Waals surface area contributed by atoms with Crippen molar-refractivity contribution in [3.8, 4) is 0 Å². The minimum atomic E-state index is -0.280. The molecule has 3 aromatic rings. The van der Waals surface area contributed by atoms with Crippen molar-refractivity contribution in [3.63, 3.8) is 0 Å². The lowest BCUT2D eigenvalue weighted by atomic mass is 10.3. The van der Waals surface area contributed by atoms with E-state index in [9.17, 15) is 9.59 Å². The normalized spacial score (nSPS) is 10.7. The average Bonchev–Trinajstić information content (AvgIpc) is 3.32. The van der Waals surface area contributed by atoms with Crippen LogP contribution in [0, 0.1) is 4.77 Å². The zero-order valence-electron chi connectivity index (χ0n) is 13.8. The van der Waals surface area contributed by atoms with E-state index in [1.54, 1.807) is 18.2 Å². The number of amides is 1. The van der Waals surface area contributed by atoms with Gasteiger partial charge in [0.1, 0.15) is 5.82 Å². The largest absolute Gasteiger partial charge is 0.300 e. The van der Waals surface area contributed by atoms with Gasteiger partial charge in [0, 0.05) is 11.9 Å². The molecule has 7 nitrogen and oxygen atoms in total. The number of carbonyl (C=O) groups excluding carboxylic acids is 2. The number of anilines is 1. The fraction of sp³-hybridized carbons (Fsp3) is 0.188. The number of rotatable bonds is 7. The Labute approximate surface area is 162 Å². The standard InChI is InChI=1S/C16H15N5O2S3/c1-3-6-21-13(19-20-16(21)24)7-10-8-25-15(17-10)18-14(23)12-5-4-11(26-12)9(2)22/h3-5,8H,1,6-7H2,2H3,(H,20,24)(H,17,18,23). The van der Waals surface area contributed by atoms with E-state index in [2.05, 4.69) is 27.1 Å². The van der Waals surface area contributed by atoms with Gasteiger partial charge >= 0.3 is 0 Å². The summed E-state index contributed by atoms with van der Waals surface area (Å²) in [5.41, 5.74) is 0.778. The fourth-order valence-corrected chi connectivity index (χ4v) is 3.95. The van der Waals surface area contributed by atoms with Gasteiger partial charge in [0.05, 0.1) is 21.9 Å². The summed E-state index contributed by atoms with van der Waals surface area (Å²) < 4.78 is 2.37. The number of aromatic nitrogens is 4. The molecule has 0 atom stereocenters. The monoisotopic (exact) mass is 405 g/mol. The first-order valence-corrected chi connectivity index (χ1v) is 9.70. The summed E-state index contributed by atoms with van der Waals surface area (Å²) in [6.45, 7) is 5.75. The Morgan fingerprint density at radius 1 is 1.42 bits per heavy atom. The van der Waals surface area contributed by atoms with Gasteiger partial charge in [0.2, 0.25) is 0 Å². The SMILES string of the molecule is C=CCn1c(Cc2csc(NC(=O)c3ccc(C(C)=O)s3)n2)n[nH]c1=S. The Balaban J connectivity index is 1.70. The molecule has 0 bridgehead atoms. The molecule has 0 saturated heterocycles. The van der Waals surface area contributed by atoms with E-state index in [0.717, 1.165) is 22.9 Å². The minimum absolute atomic E-state index is 0.0569. The van der Waals surface area contributed by atoms with Gasteiger partial charge < -0.3 is 0 Å². The van der Waals surface area contributed by atoms with Gasteiger partial charge in [-0.05, 0) is 31.3 Å². The highest BCUT2D eigenvalue weighted by molar-refractivity contribution is 7.71. The molecule has 26 heavy (non-hydrogen) atoms. The molecule has 0 fully saturated rings. The summed E-state index contributed by atoms with van der Waals surface area (Å²) in [6, 6.07) is 3.29. The maximum Gasteiger partial charge on any atom is 0.267 e. The quantitative estimate of drug-likeness (QED) is 0.355. The van der Waals surface area contributed by atoms with Crippen LogP contribution in [0.5, 0.6) is 0 Å². The number of Topliss-reactive ketones (excluding diaryl/α,β-unsaturated/α-hetero) is 1. The van der Waals surface area contributed by atoms with Crippen LogP contribution in [0.4, 0.5) is 5.13 Å². The third kappa shape index (κ3) is 4.03. The Hall–Kier alpha value is -2.43. The van der Waals surface area contributed by atoms with Gasteiger partial charge in [0.25, 0.3) is 5.91 Å². The van der Waals surface area contributed by atoms with E-state index in [1.807, 2.05) is 9.95 Å². The van der Waals surface area contributed by atoms with Crippen molar-refractivity contribution in [3.05, 3.63) is 56.2 Å². The van der Waals surface area contributed by atoms with Crippen LogP contribution in [0.25, 0.3) is 0 Å². The third-order valence-electron chi connectivity index (χ3n) is 3.44. The summed E-state index contributed by atoms with van der Waals surface area (Å²) in [5, 5.41) is 12.1. The van der Waals surface area contributed by atoms with Gasteiger partial charge in [-0.2, -0.15) is 5.10 Å². The maximum absolute atomic E-state index is 12.3. The van der Waals surface area contributed by atoms with E-state index < -0.39 is 0 Å². The lowest BCUT2D eigenvalue weighted by Gasteiger charge is -2.01. The van der Waals surface area contributed by atoms with Gasteiger partial charge in [-0.3, -0.25) is 24.6 Å². The number of thiazole rings is 1. The van der Waals surface area contributed by atoms with Crippen molar-refractivity contribution in [2.24, 2.45) is 0 Å². The molecule has 0 aliphatic carbocycles. The predicted octanol–water partition coefficient (Wildman–Crippen LogP) is 3.69. The maximum atomic E-state index is 12.3. The molecule has 0 spiro atoms. The number of carbonyl (C=O) groups is 2. The van der Waals surface area contributed by atoms with Gasteiger partial charge in [-0.1, -0.05) is 6.08 Å². The summed E-state index contributed by atoms with van der Waals surface area (Å²) >= 11 is 7.69. The molecule has 3 aromatic heterocycles. The number of aromatic amines is 1. The van der Waals surface area contributed by atoms with Crippen molar-refractivity contribution in [2.75, 3.05) is 5.32 Å². The molecule has 0 aromatic carbocycles. The zero-order valence-corrected chi connectivity index (χ0v) is 16.3. The molecule has 134 valence electrons. The molecule has 0 saturated carbocycles. The van der Waals surface area contributed by atoms with Crippen LogP contribution in [-0.2, 0) is 13.0 Å². The molecule has 0 radical (unpaired) electrons. The average molecular weight is 406 g/mol. The first kappa shape index (κ1) is 18.4. The van der Waals surface area contributed by atoms with Gasteiger partial charge in [-0.25, -0.2) is 4.98 Å². The Morgan fingerprint density at radius 2 is 2.19 bits per heavy atom. The smallest absolute Gasteiger partial charge is 0.267 e. The van der Waals surface area contributed by atoms with Crippen LogP contribution < -0.4 is 5.32 Å². The Kier molecular flexibility index (Phi) is 5.55. The Bertz CT molecular complexity index is 1030. The second kappa shape index (κ2) is 7.85. The predicted molar refractivity (Wildman–Crippen MR) is 105 cm³/mol. The molecule has 10 heteroatoms. The molecule has 3 rings (SSSR count). The van der Waals surface area contributed by atoms with Gasteiger partial charge in [-0.15, -0.1) is 29.3 Å².